The van der Waals surface area contributed by atoms with Gasteiger partial charge in [0.15, 0.2) is 0 Å². The van der Waals surface area contributed by atoms with Crippen LogP contribution in [0.15, 0.2) is 30.9 Å². The third-order valence-corrected chi connectivity index (χ3v) is 3.68. The molecule has 5 heteroatoms. The van der Waals surface area contributed by atoms with Crippen LogP contribution in [0.4, 0.5) is 0 Å². The summed E-state index contributed by atoms with van der Waals surface area (Å²) in [5.41, 5.74) is -0.278. The van der Waals surface area contributed by atoms with Gasteiger partial charge >= 0.3 is 5.97 Å². The number of carboxylic acid groups (broad SMARTS) is 1. The lowest BCUT2D eigenvalue weighted by molar-refractivity contribution is -0.137. The first-order chi connectivity index (χ1) is 8.95. The summed E-state index contributed by atoms with van der Waals surface area (Å²) in [5, 5.41) is 19.0. The van der Waals surface area contributed by atoms with Gasteiger partial charge in [-0.15, -0.1) is 6.58 Å². The number of hydrogen-bond donors (Lipinski definition) is 1. The first kappa shape index (κ1) is 15.6. The molecule has 0 amide bonds. The van der Waals surface area contributed by atoms with E-state index in [1.807, 2.05) is 0 Å². The maximum Gasteiger partial charge on any atom is 0.303 e. The summed E-state index contributed by atoms with van der Waals surface area (Å²) in [5.74, 6) is -0.941. The summed E-state index contributed by atoms with van der Waals surface area (Å²) in [6.07, 6.45) is 2.06. The number of carbonyl (C=O) groups is 1. The van der Waals surface area contributed by atoms with Crippen LogP contribution >= 0.6 is 23.2 Å². The molecule has 3 nitrogen and oxygen atoms in total. The van der Waals surface area contributed by atoms with Crippen LogP contribution in [0.25, 0.3) is 0 Å². The van der Waals surface area contributed by atoms with Gasteiger partial charge in [-0.3, -0.25) is 4.79 Å². The minimum atomic E-state index is -0.941. The smallest absolute Gasteiger partial charge is 0.303 e. The van der Waals surface area contributed by atoms with Gasteiger partial charge in [0, 0.05) is 6.42 Å². The zero-order valence-corrected chi connectivity index (χ0v) is 11.7. The van der Waals surface area contributed by atoms with Crippen LogP contribution in [0.2, 0.25) is 10.0 Å². The molecule has 0 fully saturated rings. The van der Waals surface area contributed by atoms with Crippen LogP contribution in [0, 0.1) is 11.3 Å². The highest BCUT2D eigenvalue weighted by Gasteiger charge is 2.32. The molecule has 0 aromatic heterocycles. The molecule has 1 aromatic carbocycles. The molecular weight excluding hydrogens is 285 g/mol. The molecule has 1 aromatic rings. The van der Waals surface area contributed by atoms with Crippen molar-refractivity contribution in [3.8, 4) is 6.07 Å². The Hall–Kier alpha value is -1.50. The lowest BCUT2D eigenvalue weighted by atomic mass is 9.75. The quantitative estimate of drug-likeness (QED) is 0.801. The van der Waals surface area contributed by atoms with E-state index in [4.69, 9.17) is 28.3 Å². The third kappa shape index (κ3) is 3.73. The Morgan fingerprint density at radius 2 is 2.16 bits per heavy atom. The lowest BCUT2D eigenvalue weighted by Gasteiger charge is -2.25. The summed E-state index contributed by atoms with van der Waals surface area (Å²) in [7, 11) is 0. The van der Waals surface area contributed by atoms with Gasteiger partial charge in [-0.25, -0.2) is 0 Å². The van der Waals surface area contributed by atoms with Crippen molar-refractivity contribution in [2.24, 2.45) is 0 Å². The van der Waals surface area contributed by atoms with E-state index in [1.165, 1.54) is 0 Å². The van der Waals surface area contributed by atoms with Crippen LogP contribution < -0.4 is 0 Å². The molecule has 0 aliphatic carbocycles. The van der Waals surface area contributed by atoms with Gasteiger partial charge in [0.2, 0.25) is 0 Å². The molecule has 0 unspecified atom stereocenters. The van der Waals surface area contributed by atoms with Gasteiger partial charge in [-0.05, 0) is 30.5 Å². The van der Waals surface area contributed by atoms with E-state index in [-0.39, 0.29) is 12.8 Å². The average molecular weight is 298 g/mol. The lowest BCUT2D eigenvalue weighted by Crippen LogP contribution is -2.24. The fourth-order valence-electron chi connectivity index (χ4n) is 1.89. The first-order valence-electron chi connectivity index (χ1n) is 5.64. The van der Waals surface area contributed by atoms with Gasteiger partial charge in [0.25, 0.3) is 0 Å². The van der Waals surface area contributed by atoms with E-state index in [0.29, 0.717) is 22.0 Å². The molecule has 0 aliphatic heterocycles. The minimum absolute atomic E-state index is 0.0956. The summed E-state index contributed by atoms with van der Waals surface area (Å²) < 4.78 is 0. The van der Waals surface area contributed by atoms with Gasteiger partial charge < -0.3 is 5.11 Å². The fraction of sp³-hybridized carbons (Fsp3) is 0.286. The largest absolute Gasteiger partial charge is 0.481 e. The highest BCUT2D eigenvalue weighted by Crippen LogP contribution is 2.36. The standard InChI is InChI=1S/C14H13Cl2NO2/c1-2-6-14(9-17,7-5-13(18)19)10-3-4-11(15)12(16)8-10/h2-4,8H,1,5-7H2,(H,18,19)/t14-/m0/s1. The number of rotatable bonds is 6. The fourth-order valence-corrected chi connectivity index (χ4v) is 2.19. The average Bonchev–Trinajstić information content (AvgIpc) is 2.38. The number of nitrogens with zero attached hydrogens (tertiary/aromatic N) is 1. The second-order valence-electron chi connectivity index (χ2n) is 4.21. The summed E-state index contributed by atoms with van der Waals surface area (Å²) >= 11 is 11.8. The van der Waals surface area contributed by atoms with E-state index >= 15 is 0 Å². The molecule has 19 heavy (non-hydrogen) atoms. The Morgan fingerprint density at radius 1 is 1.47 bits per heavy atom. The minimum Gasteiger partial charge on any atom is -0.481 e. The summed E-state index contributed by atoms with van der Waals surface area (Å²) in [6.45, 7) is 3.63. The Kier molecular flexibility index (Phi) is 5.41. The first-order valence-corrected chi connectivity index (χ1v) is 6.40. The molecule has 1 rings (SSSR count). The van der Waals surface area contributed by atoms with Crippen molar-refractivity contribution in [2.45, 2.75) is 24.7 Å². The van der Waals surface area contributed by atoms with Crippen LogP contribution in [0.5, 0.6) is 0 Å². The van der Waals surface area contributed by atoms with Crippen LogP contribution in [-0.2, 0) is 10.2 Å². The molecule has 0 radical (unpaired) electrons. The monoisotopic (exact) mass is 297 g/mol. The highest BCUT2D eigenvalue weighted by molar-refractivity contribution is 6.42. The predicted octanol–water partition coefficient (Wildman–Crippen LogP) is 4.20. The van der Waals surface area contributed by atoms with Gasteiger partial charge in [-0.1, -0.05) is 35.3 Å². The van der Waals surface area contributed by atoms with Crippen molar-refractivity contribution in [1.82, 2.24) is 0 Å². The highest BCUT2D eigenvalue weighted by atomic mass is 35.5. The van der Waals surface area contributed by atoms with Crippen LogP contribution in [0.3, 0.4) is 0 Å². The van der Waals surface area contributed by atoms with Crippen molar-refractivity contribution in [3.63, 3.8) is 0 Å². The molecule has 1 N–H and O–H groups in total. The normalized spacial score (nSPS) is 13.3. The molecule has 0 spiro atoms. The topological polar surface area (TPSA) is 61.1 Å². The van der Waals surface area contributed by atoms with E-state index < -0.39 is 11.4 Å². The van der Waals surface area contributed by atoms with Crippen molar-refractivity contribution in [2.75, 3.05) is 0 Å². The maximum atomic E-state index is 10.7. The van der Waals surface area contributed by atoms with Crippen molar-refractivity contribution >= 4 is 29.2 Å². The van der Waals surface area contributed by atoms with Crippen LogP contribution in [-0.4, -0.2) is 11.1 Å². The second kappa shape index (κ2) is 6.60. The number of allylic oxidation sites excluding steroid dienone is 1. The molecular formula is C14H13Cl2NO2. The van der Waals surface area contributed by atoms with E-state index in [0.717, 1.165) is 0 Å². The second-order valence-corrected chi connectivity index (χ2v) is 5.02. The zero-order chi connectivity index (χ0) is 14.5. The Morgan fingerprint density at radius 3 is 2.63 bits per heavy atom. The predicted molar refractivity (Wildman–Crippen MR) is 75.4 cm³/mol. The zero-order valence-electron chi connectivity index (χ0n) is 10.2. The van der Waals surface area contributed by atoms with Crippen LogP contribution in [0.1, 0.15) is 24.8 Å². The molecule has 0 saturated heterocycles. The van der Waals surface area contributed by atoms with Crippen molar-refractivity contribution in [1.29, 1.82) is 5.26 Å². The maximum absolute atomic E-state index is 10.7. The summed E-state index contributed by atoms with van der Waals surface area (Å²) in [6, 6.07) is 7.11. The molecule has 1 atom stereocenters. The van der Waals surface area contributed by atoms with Crippen molar-refractivity contribution in [3.05, 3.63) is 46.5 Å². The molecule has 100 valence electrons. The van der Waals surface area contributed by atoms with Gasteiger partial charge in [0.1, 0.15) is 0 Å². The number of aliphatic carboxylic acids is 1. The Labute approximate surface area is 122 Å². The number of benzene rings is 1. The Bertz CT molecular complexity index is 537. The van der Waals surface area contributed by atoms with E-state index in [2.05, 4.69) is 12.6 Å². The number of hydrogen-bond acceptors (Lipinski definition) is 2. The van der Waals surface area contributed by atoms with Crippen molar-refractivity contribution < 1.29 is 9.90 Å². The summed E-state index contributed by atoms with van der Waals surface area (Å²) in [4.78, 5) is 10.7. The third-order valence-electron chi connectivity index (χ3n) is 2.94. The molecule has 0 bridgehead atoms. The van der Waals surface area contributed by atoms with Gasteiger partial charge in [-0.2, -0.15) is 5.26 Å². The van der Waals surface area contributed by atoms with E-state index in [1.54, 1.807) is 24.3 Å². The molecule has 0 heterocycles. The number of halogens is 2. The molecule has 0 aliphatic rings. The Balaban J connectivity index is 3.21. The number of nitriles is 1. The molecule has 0 saturated carbocycles. The SMILES string of the molecule is C=CC[C@@](C#N)(CCC(=O)O)c1ccc(Cl)c(Cl)c1. The number of carboxylic acids is 1. The van der Waals surface area contributed by atoms with Gasteiger partial charge in [0.05, 0.1) is 21.5 Å². The van der Waals surface area contributed by atoms with E-state index in [9.17, 15) is 10.1 Å².